The van der Waals surface area contributed by atoms with E-state index in [-0.39, 0.29) is 24.3 Å². The molecule has 2 unspecified atom stereocenters. The van der Waals surface area contributed by atoms with E-state index in [0.717, 1.165) is 5.69 Å². The average Bonchev–Trinajstić information content (AvgIpc) is 2.46. The Morgan fingerprint density at radius 1 is 1.35 bits per heavy atom. The van der Waals surface area contributed by atoms with Crippen LogP contribution in [-0.2, 0) is 0 Å². The number of nitro groups is 1. The van der Waals surface area contributed by atoms with E-state index in [4.69, 9.17) is 0 Å². The molecule has 6 nitrogen and oxygen atoms in total. The third-order valence-electron chi connectivity index (χ3n) is 3.52. The molecule has 1 heterocycles. The first-order chi connectivity index (χ1) is 9.54. The van der Waals surface area contributed by atoms with Crippen molar-refractivity contribution in [2.24, 2.45) is 5.92 Å². The van der Waals surface area contributed by atoms with E-state index in [1.165, 1.54) is 6.07 Å². The molecule has 0 radical (unpaired) electrons. The van der Waals surface area contributed by atoms with Crippen molar-refractivity contribution in [3.8, 4) is 0 Å². The third-order valence-corrected chi connectivity index (χ3v) is 3.52. The van der Waals surface area contributed by atoms with E-state index in [9.17, 15) is 15.2 Å². The first-order valence-electron chi connectivity index (χ1n) is 6.43. The molecule has 2 rings (SSSR count). The Morgan fingerprint density at radius 2 is 2.10 bits per heavy atom. The quantitative estimate of drug-likeness (QED) is 0.646. The zero-order valence-electron chi connectivity index (χ0n) is 11.4. The Morgan fingerprint density at radius 3 is 2.75 bits per heavy atom. The van der Waals surface area contributed by atoms with Gasteiger partial charge >= 0.3 is 0 Å². The zero-order chi connectivity index (χ0) is 14.7. The average molecular weight is 275 g/mol. The number of aromatic nitrogens is 1. The molecule has 2 N–H and O–H groups in total. The molecule has 1 aromatic carbocycles. The van der Waals surface area contributed by atoms with Gasteiger partial charge in [-0.15, -0.1) is 0 Å². The van der Waals surface area contributed by atoms with Gasteiger partial charge in [-0.2, -0.15) is 0 Å². The predicted molar refractivity (Wildman–Crippen MR) is 77.7 cm³/mol. The maximum absolute atomic E-state index is 11.0. The van der Waals surface area contributed by atoms with Crippen LogP contribution in [-0.4, -0.2) is 27.7 Å². The molecule has 0 bridgehead atoms. The van der Waals surface area contributed by atoms with Gasteiger partial charge in [-0.25, -0.2) is 0 Å². The van der Waals surface area contributed by atoms with E-state index < -0.39 is 4.92 Å². The number of aliphatic hydroxyl groups excluding tert-OH is 1. The Balaban J connectivity index is 2.46. The number of nitro benzene ring substituents is 1. The number of non-ortho nitro benzene ring substituents is 1. The van der Waals surface area contributed by atoms with Gasteiger partial charge in [0.15, 0.2) is 0 Å². The van der Waals surface area contributed by atoms with E-state index in [0.29, 0.717) is 10.8 Å². The minimum atomic E-state index is -0.397. The van der Waals surface area contributed by atoms with Gasteiger partial charge in [-0.3, -0.25) is 15.1 Å². The number of rotatable bonds is 5. The summed E-state index contributed by atoms with van der Waals surface area (Å²) < 4.78 is 0. The molecule has 0 saturated carbocycles. The predicted octanol–water partition coefficient (Wildman–Crippen LogP) is 2.57. The van der Waals surface area contributed by atoms with E-state index in [1.54, 1.807) is 24.5 Å². The lowest BCUT2D eigenvalue weighted by molar-refractivity contribution is -0.383. The summed E-state index contributed by atoms with van der Waals surface area (Å²) in [4.78, 5) is 14.7. The normalized spacial score (nSPS) is 13.9. The number of aliphatic hydroxyl groups is 1. The number of hydrogen-bond donors (Lipinski definition) is 2. The number of nitrogens with zero attached hydrogens (tertiary/aromatic N) is 2. The Kier molecular flexibility index (Phi) is 4.14. The van der Waals surface area contributed by atoms with Gasteiger partial charge < -0.3 is 10.4 Å². The molecule has 2 atom stereocenters. The summed E-state index contributed by atoms with van der Waals surface area (Å²) in [6, 6.07) is 4.85. The van der Waals surface area contributed by atoms with Crippen LogP contribution < -0.4 is 5.32 Å². The van der Waals surface area contributed by atoms with Crippen molar-refractivity contribution in [1.82, 2.24) is 4.98 Å². The summed E-state index contributed by atoms with van der Waals surface area (Å²) in [6.45, 7) is 3.98. The highest BCUT2D eigenvalue weighted by molar-refractivity contribution is 5.99. The number of nitrogens with one attached hydrogen (secondary N) is 1. The topological polar surface area (TPSA) is 88.3 Å². The molecule has 0 aliphatic carbocycles. The number of fused-ring (bicyclic) bond motifs is 1. The summed E-state index contributed by atoms with van der Waals surface area (Å²) in [5, 5.41) is 24.7. The smallest absolute Gasteiger partial charge is 0.277 e. The van der Waals surface area contributed by atoms with Crippen LogP contribution in [0.15, 0.2) is 30.6 Å². The summed E-state index contributed by atoms with van der Waals surface area (Å²) in [7, 11) is 0. The SMILES string of the molecule is CC(CO)C(C)Nc1ccc([N+](=O)[O-])c2ccncc12. The zero-order valence-corrected chi connectivity index (χ0v) is 11.4. The number of hydrogen-bond acceptors (Lipinski definition) is 5. The van der Waals surface area contributed by atoms with Crippen LogP contribution in [0.3, 0.4) is 0 Å². The molecule has 0 spiro atoms. The molecule has 2 aromatic rings. The standard InChI is InChI=1S/C14H17N3O3/c1-9(8-18)10(2)16-13-3-4-14(17(19)20)11-5-6-15-7-12(11)13/h3-7,9-10,16,18H,8H2,1-2H3. The third kappa shape index (κ3) is 2.70. The summed E-state index contributed by atoms with van der Waals surface area (Å²) in [5.74, 6) is 0.0805. The fourth-order valence-electron chi connectivity index (χ4n) is 2.00. The fourth-order valence-corrected chi connectivity index (χ4v) is 2.00. The largest absolute Gasteiger partial charge is 0.396 e. The summed E-state index contributed by atoms with van der Waals surface area (Å²) in [6.07, 6.45) is 3.15. The highest BCUT2D eigenvalue weighted by Gasteiger charge is 2.17. The number of pyridine rings is 1. The molecule has 6 heteroatoms. The lowest BCUT2D eigenvalue weighted by Gasteiger charge is -2.21. The highest BCUT2D eigenvalue weighted by atomic mass is 16.6. The van der Waals surface area contributed by atoms with Gasteiger partial charge in [0.1, 0.15) is 0 Å². The van der Waals surface area contributed by atoms with Crippen molar-refractivity contribution >= 4 is 22.1 Å². The Hall–Kier alpha value is -2.21. The first kappa shape index (κ1) is 14.2. The second kappa shape index (κ2) is 5.83. The van der Waals surface area contributed by atoms with Crippen LogP contribution in [0, 0.1) is 16.0 Å². The van der Waals surface area contributed by atoms with Gasteiger partial charge in [0.2, 0.25) is 0 Å². The first-order valence-corrected chi connectivity index (χ1v) is 6.43. The maximum Gasteiger partial charge on any atom is 0.277 e. The Labute approximate surface area is 116 Å². The monoisotopic (exact) mass is 275 g/mol. The highest BCUT2D eigenvalue weighted by Crippen LogP contribution is 2.31. The summed E-state index contributed by atoms with van der Waals surface area (Å²) >= 11 is 0. The van der Waals surface area contributed by atoms with Crippen molar-refractivity contribution < 1.29 is 10.0 Å². The van der Waals surface area contributed by atoms with Crippen LogP contribution in [0.1, 0.15) is 13.8 Å². The lowest BCUT2D eigenvalue weighted by atomic mass is 10.0. The van der Waals surface area contributed by atoms with Crippen LogP contribution in [0.25, 0.3) is 10.8 Å². The minimum Gasteiger partial charge on any atom is -0.396 e. The summed E-state index contributed by atoms with van der Waals surface area (Å²) in [5.41, 5.74) is 0.849. The molecular formula is C14H17N3O3. The van der Waals surface area contributed by atoms with Gasteiger partial charge in [0.05, 0.1) is 10.3 Å². The molecule has 0 aliphatic heterocycles. The number of benzene rings is 1. The molecule has 20 heavy (non-hydrogen) atoms. The lowest BCUT2D eigenvalue weighted by Crippen LogP contribution is -2.26. The van der Waals surface area contributed by atoms with Crippen molar-refractivity contribution in [3.05, 3.63) is 40.7 Å². The van der Waals surface area contributed by atoms with Crippen molar-refractivity contribution in [1.29, 1.82) is 0 Å². The number of anilines is 1. The molecule has 1 aromatic heterocycles. The van der Waals surface area contributed by atoms with E-state index in [2.05, 4.69) is 10.3 Å². The van der Waals surface area contributed by atoms with Gasteiger partial charge in [0, 0.05) is 42.2 Å². The van der Waals surface area contributed by atoms with Gasteiger partial charge in [-0.05, 0) is 25.0 Å². The van der Waals surface area contributed by atoms with Crippen molar-refractivity contribution in [2.75, 3.05) is 11.9 Å². The fraction of sp³-hybridized carbons (Fsp3) is 0.357. The molecular weight excluding hydrogens is 258 g/mol. The molecule has 0 amide bonds. The molecule has 0 saturated heterocycles. The molecule has 0 aliphatic rings. The van der Waals surface area contributed by atoms with Crippen molar-refractivity contribution in [3.63, 3.8) is 0 Å². The van der Waals surface area contributed by atoms with Gasteiger partial charge in [-0.1, -0.05) is 6.92 Å². The van der Waals surface area contributed by atoms with Crippen LogP contribution >= 0.6 is 0 Å². The minimum absolute atomic E-state index is 0.0462. The van der Waals surface area contributed by atoms with E-state index >= 15 is 0 Å². The van der Waals surface area contributed by atoms with E-state index in [1.807, 2.05) is 13.8 Å². The van der Waals surface area contributed by atoms with Crippen LogP contribution in [0.5, 0.6) is 0 Å². The molecule has 106 valence electrons. The second-order valence-corrected chi connectivity index (χ2v) is 4.90. The Bertz CT molecular complexity index is 630. The van der Waals surface area contributed by atoms with Crippen LogP contribution in [0.4, 0.5) is 11.4 Å². The van der Waals surface area contributed by atoms with Crippen LogP contribution in [0.2, 0.25) is 0 Å². The van der Waals surface area contributed by atoms with Gasteiger partial charge in [0.25, 0.3) is 5.69 Å². The second-order valence-electron chi connectivity index (χ2n) is 4.90. The molecule has 0 fully saturated rings. The maximum atomic E-state index is 11.0. The van der Waals surface area contributed by atoms with Crippen molar-refractivity contribution in [2.45, 2.75) is 19.9 Å².